The van der Waals surface area contributed by atoms with E-state index < -0.39 is 15.6 Å². The van der Waals surface area contributed by atoms with Crippen LogP contribution in [0.1, 0.15) is 277 Å². The minimum Gasteiger partial charge on any atom is -0.501 e. The van der Waals surface area contributed by atoms with Gasteiger partial charge in [-0.25, -0.2) is 27.6 Å². The quantitative estimate of drug-likeness (QED) is 0.0518. The highest BCUT2D eigenvalue weighted by Gasteiger charge is 2.05. The molecule has 1 saturated heterocycles. The van der Waals surface area contributed by atoms with Gasteiger partial charge in [-0.3, -0.25) is 19.9 Å². The maximum absolute atomic E-state index is 10.3. The number of carbonyl (C=O) groups excluding carboxylic acids is 1. The third-order valence-corrected chi connectivity index (χ3v) is 9.85. The van der Waals surface area contributed by atoms with Crippen LogP contribution in [0.3, 0.4) is 0 Å². The predicted molar refractivity (Wildman–Crippen MR) is 458 cm³/mol. The summed E-state index contributed by atoms with van der Waals surface area (Å²) in [7, 11) is -2.91. The van der Waals surface area contributed by atoms with Gasteiger partial charge in [0.15, 0.2) is 16.2 Å². The van der Waals surface area contributed by atoms with Crippen molar-refractivity contribution in [2.45, 2.75) is 277 Å². The highest BCUT2D eigenvalue weighted by Crippen LogP contribution is 2.15. The molecule has 21 nitrogen and oxygen atoms in total. The van der Waals surface area contributed by atoms with Gasteiger partial charge in [0.05, 0.1) is 43.7 Å². The van der Waals surface area contributed by atoms with Gasteiger partial charge < -0.3 is 38.8 Å². The van der Waals surface area contributed by atoms with Gasteiger partial charge in [-0.15, -0.1) is 11.3 Å². The zero-order valence-corrected chi connectivity index (χ0v) is 72.6. The number of thiazole rings is 1. The smallest absolute Gasteiger partial charge is 0.416 e. The second kappa shape index (κ2) is 166. The van der Waals surface area contributed by atoms with Crippen LogP contribution in [0.4, 0.5) is 0 Å². The van der Waals surface area contributed by atoms with Gasteiger partial charge in [0.1, 0.15) is 25.1 Å². The average Bonchev–Trinajstić information content (AvgIpc) is 1.83. The number of oxazole rings is 2. The summed E-state index contributed by atoms with van der Waals surface area (Å²) in [5.74, 6) is -0.204. The summed E-state index contributed by atoms with van der Waals surface area (Å²) in [6, 6.07) is 1.83. The number of hydrogen-bond donors (Lipinski definition) is 6. The molecule has 5 aliphatic heterocycles. The van der Waals surface area contributed by atoms with Crippen LogP contribution in [0.5, 0.6) is 0 Å². The van der Waals surface area contributed by atoms with Crippen LogP contribution in [0.15, 0.2) is 210 Å². The van der Waals surface area contributed by atoms with E-state index in [4.69, 9.17) is 10.1 Å². The van der Waals surface area contributed by atoms with Gasteiger partial charge in [0.2, 0.25) is 12.7 Å². The highest BCUT2D eigenvalue weighted by atomic mass is 32.2. The maximum Gasteiger partial charge on any atom is 0.416 e. The molecule has 1 saturated carbocycles. The van der Waals surface area contributed by atoms with Crippen LogP contribution in [-0.4, -0.2) is 88.4 Å². The van der Waals surface area contributed by atoms with E-state index in [9.17, 15) is 18.0 Å². The SMILES string of the molecule is C1=CCC=C1.C1=CCCC1.C1=CN=NC1.C1=COCC1.C1=COCO1.C1CCCCC1.CC.CC.CC.CC.CC.CC.CC.CC.CC.CC.CC.CC.CC.CC.N=CC=NS.O=C1CCCN1.O=S1(=O)C=CC=C1.O=c1[nH]cco1.c1c[nH]cn1.c1cn[nH]c1.c1cocn1.c1cscn1. The van der Waals surface area contributed by atoms with Crippen molar-refractivity contribution < 1.29 is 36.3 Å². The number of carbonyl (C=O) groups is 1. The fraction of sp³-hybridized carbons (Fsp3) is 0.570. The second-order valence-corrected chi connectivity index (χ2v) is 16.8. The molecule has 5 N–H and O–H groups in total. The fourth-order valence-corrected chi connectivity index (χ4v) is 5.91. The molecule has 103 heavy (non-hydrogen) atoms. The van der Waals surface area contributed by atoms with E-state index in [1.54, 1.807) is 72.8 Å². The number of azo groups is 1. The molecule has 0 aromatic carbocycles. The van der Waals surface area contributed by atoms with E-state index in [1.165, 1.54) is 114 Å². The van der Waals surface area contributed by atoms with Gasteiger partial charge in [0, 0.05) is 85.2 Å². The van der Waals surface area contributed by atoms with E-state index in [2.05, 4.69) is 123 Å². The number of aromatic amines is 3. The number of allylic oxidation sites excluding steroid dienone is 8. The molecule has 0 bridgehead atoms. The zero-order valence-electron chi connectivity index (χ0n) is 70.1. The van der Waals surface area contributed by atoms with Crippen molar-refractivity contribution in [3.8, 4) is 0 Å². The molecule has 24 heteroatoms. The van der Waals surface area contributed by atoms with Gasteiger partial charge >= 0.3 is 5.76 Å². The van der Waals surface area contributed by atoms with Crippen molar-refractivity contribution in [1.82, 2.24) is 40.4 Å². The fourth-order valence-electron chi connectivity index (χ4n) is 4.78. The van der Waals surface area contributed by atoms with Crippen LogP contribution >= 0.6 is 24.2 Å². The Labute approximate surface area is 641 Å². The minimum absolute atomic E-state index is 0.204. The molecule has 10 heterocycles. The first-order valence-corrected chi connectivity index (χ1v) is 40.7. The van der Waals surface area contributed by atoms with Crippen molar-refractivity contribution in [3.05, 3.63) is 193 Å². The monoisotopic (exact) mass is 1510 g/mol. The molecule has 0 unspecified atom stereocenters. The third kappa shape index (κ3) is 172. The normalized spacial score (nSPS) is 12.0. The van der Waals surface area contributed by atoms with Crippen molar-refractivity contribution >= 4 is 52.3 Å². The summed E-state index contributed by atoms with van der Waals surface area (Å²) < 4.78 is 46.2. The van der Waals surface area contributed by atoms with Gasteiger partial charge in [0.25, 0.3) is 0 Å². The van der Waals surface area contributed by atoms with Crippen LogP contribution in [0.2, 0.25) is 0 Å². The summed E-state index contributed by atoms with van der Waals surface area (Å²) in [4.78, 5) is 36.0. The first kappa shape index (κ1) is 131. The second-order valence-electron chi connectivity index (χ2n) is 14.1. The number of amides is 1. The first-order valence-electron chi connectivity index (χ1n) is 37.7. The number of H-pyrrole nitrogens is 3. The van der Waals surface area contributed by atoms with Gasteiger partial charge in [-0.2, -0.15) is 15.3 Å². The molecule has 1 amide bonds. The lowest BCUT2D eigenvalue weighted by Crippen LogP contribution is -2.12. The van der Waals surface area contributed by atoms with Crippen LogP contribution < -0.4 is 11.1 Å². The molecular formula is C79H156N12O9S3. The van der Waals surface area contributed by atoms with E-state index in [0.29, 0.717) is 6.79 Å². The van der Waals surface area contributed by atoms with E-state index in [1.807, 2.05) is 217 Å². The van der Waals surface area contributed by atoms with Gasteiger partial charge in [-0.05, 0) is 75.3 Å². The molecule has 3 aliphatic carbocycles. The molecule has 2 fully saturated rings. The highest BCUT2D eigenvalue weighted by molar-refractivity contribution is 7.97. The third-order valence-electron chi connectivity index (χ3n) is 8.13. The van der Waals surface area contributed by atoms with Gasteiger partial charge in [-0.1, -0.05) is 269 Å². The number of imidazole rings is 1. The number of hydrogen-bond acceptors (Lipinski definition) is 19. The largest absolute Gasteiger partial charge is 0.501 e. The Morgan fingerprint density at radius 1 is 0.563 bits per heavy atom. The summed E-state index contributed by atoms with van der Waals surface area (Å²) in [5.41, 5.74) is 1.79. The standard InChI is InChI=1S/C6H12.C5H8.C5H6.C4H7NO.C4H4O2S.C4H6O.3C3H4N2.C3H3NO2.C3H3NO.C3H3NS.C3H4O2.C2H4N2S.14C2H6/c1-2-4-6-5-3-1;2*1-2-4-5-3-1;6-4-2-1-3-5-4;5-7(6)3-1-2-4-7;1-2-4-5-3-1;1-2-5-3-4-1;2*1-2-4-5-3-1;5-3-4-1-2-6-3;3*1-2-5-3-4-1;3-1-2-4-5;14*1-2/h1-6H2;1-2H,3-5H2;1-4H,5H2;1-3H2,(H,5,6);1-4H;1,3H,2,4H2;1-3H,(H,4,5);1-2H,3H2;1-3H,(H,4,5);1-2H,(H,4,5);2*1-3H;1-2H,3H2;1-3,5H;14*1-2H3. The predicted octanol–water partition coefficient (Wildman–Crippen LogP) is 25.8. The number of thiol groups is 1. The molecule has 5 aromatic rings. The molecule has 0 atom stereocenters. The first-order chi connectivity index (χ1) is 50.9. The number of ether oxygens (including phenoxy) is 3. The Bertz CT molecular complexity index is 2070. The summed E-state index contributed by atoms with van der Waals surface area (Å²) in [6.07, 6.45) is 63.1. The Balaban J connectivity index is -0.0000000607. The molecular weight excluding hydrogens is 1360 g/mol. The van der Waals surface area contributed by atoms with E-state index >= 15 is 0 Å². The summed E-state index contributed by atoms with van der Waals surface area (Å²) >= 11 is 5.02. The lowest BCUT2D eigenvalue weighted by molar-refractivity contribution is -0.119. The Kier molecular flexibility index (Phi) is 212. The zero-order chi connectivity index (χ0) is 82.3. The lowest BCUT2D eigenvalue weighted by Gasteiger charge is -2.05. The molecule has 13 rings (SSSR count). The Hall–Kier alpha value is -7.70. The molecule has 604 valence electrons. The maximum atomic E-state index is 10.3. The molecule has 0 radical (unpaired) electrons. The number of sulfone groups is 1. The summed E-state index contributed by atoms with van der Waals surface area (Å²) in [6.45, 7) is 58.9. The van der Waals surface area contributed by atoms with Crippen LogP contribution in [0.25, 0.3) is 0 Å². The number of aromatic nitrogens is 7. The molecule has 8 aliphatic rings. The van der Waals surface area contributed by atoms with E-state index in [0.717, 1.165) is 62.4 Å². The Morgan fingerprint density at radius 3 is 1.23 bits per heavy atom. The lowest BCUT2D eigenvalue weighted by atomic mass is 10.0. The number of nitrogens with one attached hydrogen (secondary N) is 5. The van der Waals surface area contributed by atoms with Crippen molar-refractivity contribution in [1.29, 1.82) is 5.41 Å². The molecule has 0 spiro atoms. The Morgan fingerprint density at radius 2 is 1.11 bits per heavy atom. The van der Waals surface area contributed by atoms with Crippen molar-refractivity contribution in [3.63, 3.8) is 0 Å². The van der Waals surface area contributed by atoms with Crippen LogP contribution in [-0.2, 0) is 28.8 Å². The molecule has 5 aromatic heterocycles. The van der Waals surface area contributed by atoms with E-state index in [-0.39, 0.29) is 5.91 Å². The number of nitrogens with zero attached hydrogens (tertiary/aromatic N) is 7. The van der Waals surface area contributed by atoms with Crippen molar-refractivity contribution in [2.75, 3.05) is 26.5 Å². The van der Waals surface area contributed by atoms with Crippen LogP contribution in [0, 0.1) is 5.41 Å². The minimum atomic E-state index is -2.91. The number of rotatable bonds is 1. The average molecular weight is 1510 g/mol. The topological polar surface area (TPSA) is 294 Å². The summed E-state index contributed by atoms with van der Waals surface area (Å²) in [5, 5.41) is 26.5. The van der Waals surface area contributed by atoms with Crippen molar-refractivity contribution in [2.24, 2.45) is 14.6 Å².